The summed E-state index contributed by atoms with van der Waals surface area (Å²) in [5, 5.41) is 0. The highest BCUT2D eigenvalue weighted by Crippen LogP contribution is 2.38. The van der Waals surface area contributed by atoms with Crippen LogP contribution in [0.4, 0.5) is 0 Å². The van der Waals surface area contributed by atoms with Crippen LogP contribution in [0.2, 0.25) is 0 Å². The molecule has 0 spiro atoms. The maximum Gasteiger partial charge on any atom is 0.231 e. The second kappa shape index (κ2) is 3.76. The molecule has 0 saturated heterocycles. The molecule has 0 bridgehead atoms. The summed E-state index contributed by atoms with van der Waals surface area (Å²) >= 11 is 0. The van der Waals surface area contributed by atoms with Gasteiger partial charge in [0.15, 0.2) is 11.5 Å². The maximum atomic E-state index is 5.40. The molecule has 0 unspecified atom stereocenters. The minimum Gasteiger partial charge on any atom is -0.454 e. The van der Waals surface area contributed by atoms with E-state index in [0.717, 1.165) is 24.3 Å². The average molecular weight is 206 g/mol. The standard InChI is InChI=1S/C13H18O2/c1-4-13(3,5-2)10-6-7-11-12(8-10)15-9-14-11/h6-8H,4-5,9H2,1-3H3. The van der Waals surface area contributed by atoms with E-state index in [9.17, 15) is 0 Å². The van der Waals surface area contributed by atoms with Gasteiger partial charge in [0.05, 0.1) is 0 Å². The molecule has 1 aromatic rings. The fraction of sp³-hybridized carbons (Fsp3) is 0.538. The van der Waals surface area contributed by atoms with Crippen molar-refractivity contribution in [2.24, 2.45) is 0 Å². The minimum atomic E-state index is 0.251. The van der Waals surface area contributed by atoms with E-state index in [2.05, 4.69) is 32.9 Å². The first-order valence-corrected chi connectivity index (χ1v) is 5.59. The summed E-state index contributed by atoms with van der Waals surface area (Å²) in [6.45, 7) is 7.11. The first-order chi connectivity index (χ1) is 7.19. The van der Waals surface area contributed by atoms with Crippen molar-refractivity contribution in [2.45, 2.75) is 39.0 Å². The summed E-state index contributed by atoms with van der Waals surface area (Å²) in [7, 11) is 0. The first-order valence-electron chi connectivity index (χ1n) is 5.59. The fourth-order valence-corrected chi connectivity index (χ4v) is 1.93. The van der Waals surface area contributed by atoms with Crippen LogP contribution in [0.25, 0.3) is 0 Å². The van der Waals surface area contributed by atoms with Crippen LogP contribution < -0.4 is 9.47 Å². The first kappa shape index (κ1) is 10.3. The molecule has 0 saturated carbocycles. The number of fused-ring (bicyclic) bond motifs is 1. The highest BCUT2D eigenvalue weighted by atomic mass is 16.7. The molecule has 2 heteroatoms. The summed E-state index contributed by atoms with van der Waals surface area (Å²) in [6, 6.07) is 6.29. The third kappa shape index (κ3) is 1.69. The molecule has 0 N–H and O–H groups in total. The van der Waals surface area contributed by atoms with Gasteiger partial charge in [-0.25, -0.2) is 0 Å². The van der Waals surface area contributed by atoms with Gasteiger partial charge in [0.25, 0.3) is 0 Å². The Balaban J connectivity index is 2.37. The molecule has 0 aliphatic carbocycles. The van der Waals surface area contributed by atoms with E-state index in [-0.39, 0.29) is 5.41 Å². The van der Waals surface area contributed by atoms with Crippen molar-refractivity contribution >= 4 is 0 Å². The lowest BCUT2D eigenvalue weighted by molar-refractivity contribution is 0.174. The topological polar surface area (TPSA) is 18.5 Å². The lowest BCUT2D eigenvalue weighted by Crippen LogP contribution is -2.19. The van der Waals surface area contributed by atoms with Crippen molar-refractivity contribution in [3.8, 4) is 11.5 Å². The van der Waals surface area contributed by atoms with Gasteiger partial charge in [0.2, 0.25) is 6.79 Å². The zero-order chi connectivity index (χ0) is 10.9. The summed E-state index contributed by atoms with van der Waals surface area (Å²) in [6.07, 6.45) is 2.28. The highest BCUT2D eigenvalue weighted by molar-refractivity contribution is 5.46. The summed E-state index contributed by atoms with van der Waals surface area (Å²) in [5.74, 6) is 1.76. The molecule has 0 radical (unpaired) electrons. The molecule has 1 aliphatic heterocycles. The van der Waals surface area contributed by atoms with Crippen molar-refractivity contribution in [2.75, 3.05) is 6.79 Å². The average Bonchev–Trinajstić information content (AvgIpc) is 2.74. The minimum absolute atomic E-state index is 0.251. The van der Waals surface area contributed by atoms with Crippen LogP contribution in [0.3, 0.4) is 0 Å². The number of benzene rings is 1. The van der Waals surface area contributed by atoms with E-state index in [0.29, 0.717) is 6.79 Å². The van der Waals surface area contributed by atoms with E-state index in [1.54, 1.807) is 0 Å². The quantitative estimate of drug-likeness (QED) is 0.753. The van der Waals surface area contributed by atoms with Crippen LogP contribution in [-0.4, -0.2) is 6.79 Å². The van der Waals surface area contributed by atoms with Gasteiger partial charge in [-0.1, -0.05) is 26.8 Å². The van der Waals surface area contributed by atoms with E-state index < -0.39 is 0 Å². The van der Waals surface area contributed by atoms with E-state index in [4.69, 9.17) is 9.47 Å². The fourth-order valence-electron chi connectivity index (χ4n) is 1.93. The largest absolute Gasteiger partial charge is 0.454 e. The van der Waals surface area contributed by atoms with Gasteiger partial charge >= 0.3 is 0 Å². The summed E-state index contributed by atoms with van der Waals surface area (Å²) in [5.41, 5.74) is 1.60. The van der Waals surface area contributed by atoms with Crippen LogP contribution >= 0.6 is 0 Å². The number of rotatable bonds is 3. The molecular formula is C13H18O2. The lowest BCUT2D eigenvalue weighted by atomic mass is 9.78. The second-order valence-electron chi connectivity index (χ2n) is 4.34. The van der Waals surface area contributed by atoms with Gasteiger partial charge in [-0.15, -0.1) is 0 Å². The molecular weight excluding hydrogens is 188 g/mol. The molecule has 1 heterocycles. The smallest absolute Gasteiger partial charge is 0.231 e. The molecule has 1 aliphatic rings. The maximum absolute atomic E-state index is 5.40. The van der Waals surface area contributed by atoms with Gasteiger partial charge in [-0.05, 0) is 36.0 Å². The predicted octanol–water partition coefficient (Wildman–Crippen LogP) is 3.49. The molecule has 82 valence electrons. The molecule has 15 heavy (non-hydrogen) atoms. The van der Waals surface area contributed by atoms with Gasteiger partial charge in [-0.3, -0.25) is 0 Å². The summed E-state index contributed by atoms with van der Waals surface area (Å²) in [4.78, 5) is 0. The van der Waals surface area contributed by atoms with E-state index in [1.165, 1.54) is 5.56 Å². The zero-order valence-electron chi connectivity index (χ0n) is 9.67. The Labute approximate surface area is 91.2 Å². The summed E-state index contributed by atoms with van der Waals surface area (Å²) < 4.78 is 10.7. The van der Waals surface area contributed by atoms with Gasteiger partial charge in [0.1, 0.15) is 0 Å². The van der Waals surface area contributed by atoms with Crippen LogP contribution in [0.1, 0.15) is 39.2 Å². The van der Waals surface area contributed by atoms with Crippen LogP contribution in [0.15, 0.2) is 18.2 Å². The Morgan fingerprint density at radius 2 is 1.80 bits per heavy atom. The molecule has 0 atom stereocenters. The Bertz CT molecular complexity index is 354. The molecule has 2 rings (SSSR count). The number of ether oxygens (including phenoxy) is 2. The lowest BCUT2D eigenvalue weighted by Gasteiger charge is -2.27. The van der Waals surface area contributed by atoms with Crippen molar-refractivity contribution in [3.63, 3.8) is 0 Å². The number of hydrogen-bond acceptors (Lipinski definition) is 2. The predicted molar refractivity (Wildman–Crippen MR) is 60.5 cm³/mol. The van der Waals surface area contributed by atoms with Crippen molar-refractivity contribution in [1.29, 1.82) is 0 Å². The molecule has 1 aromatic carbocycles. The Morgan fingerprint density at radius 1 is 1.13 bits per heavy atom. The third-order valence-corrected chi connectivity index (χ3v) is 3.63. The normalized spacial score (nSPS) is 14.3. The van der Waals surface area contributed by atoms with Gasteiger partial charge < -0.3 is 9.47 Å². The van der Waals surface area contributed by atoms with Gasteiger partial charge in [0, 0.05) is 0 Å². The zero-order valence-corrected chi connectivity index (χ0v) is 9.67. The van der Waals surface area contributed by atoms with E-state index in [1.807, 2.05) is 6.07 Å². The molecule has 2 nitrogen and oxygen atoms in total. The van der Waals surface area contributed by atoms with E-state index >= 15 is 0 Å². The van der Waals surface area contributed by atoms with Crippen LogP contribution in [0, 0.1) is 0 Å². The van der Waals surface area contributed by atoms with Crippen molar-refractivity contribution in [1.82, 2.24) is 0 Å². The molecule has 0 aromatic heterocycles. The third-order valence-electron chi connectivity index (χ3n) is 3.63. The van der Waals surface area contributed by atoms with Crippen molar-refractivity contribution in [3.05, 3.63) is 23.8 Å². The highest BCUT2D eigenvalue weighted by Gasteiger charge is 2.24. The monoisotopic (exact) mass is 206 g/mol. The Kier molecular flexibility index (Phi) is 2.59. The molecule has 0 amide bonds. The van der Waals surface area contributed by atoms with Crippen LogP contribution in [-0.2, 0) is 5.41 Å². The Hall–Kier alpha value is -1.18. The SMILES string of the molecule is CCC(C)(CC)c1ccc2c(c1)OCO2. The van der Waals surface area contributed by atoms with Gasteiger partial charge in [-0.2, -0.15) is 0 Å². The van der Waals surface area contributed by atoms with Crippen molar-refractivity contribution < 1.29 is 9.47 Å². The second-order valence-corrected chi connectivity index (χ2v) is 4.34. The number of hydrogen-bond donors (Lipinski definition) is 0. The Morgan fingerprint density at radius 3 is 2.47 bits per heavy atom. The molecule has 0 fully saturated rings. The van der Waals surface area contributed by atoms with Crippen LogP contribution in [0.5, 0.6) is 11.5 Å².